The van der Waals surface area contributed by atoms with Gasteiger partial charge in [0, 0.05) is 92.7 Å². The minimum Gasteiger partial charge on any atom is -0.481 e. The molecule has 7 amide bonds. The molecule has 0 saturated heterocycles. The Balaban J connectivity index is 1.06. The number of carboxylic acids is 1. The van der Waals surface area contributed by atoms with Gasteiger partial charge in [-0.05, 0) is 30.7 Å². The van der Waals surface area contributed by atoms with Crippen LogP contribution in [0.25, 0.3) is 0 Å². The number of aryl methyl sites for hydroxylation is 5. The molecule has 22 heteroatoms. The molecule has 0 spiro atoms. The fourth-order valence-corrected chi connectivity index (χ4v) is 6.07. The number of carbonyl (C=O) groups is 8. The van der Waals surface area contributed by atoms with Crippen molar-refractivity contribution in [1.82, 2.24) is 38.5 Å². The number of carbonyl (C=O) groups excluding carboxylic acids is 7. The molecule has 0 radical (unpaired) electrons. The Morgan fingerprint density at radius 3 is 1.38 bits per heavy atom. The number of aliphatic carboxylic acids is 1. The summed E-state index contributed by atoms with van der Waals surface area (Å²) in [5.41, 5.74) is 2.31. The van der Waals surface area contributed by atoms with Crippen LogP contribution in [0, 0.1) is 0 Å². The Hall–Kier alpha value is -7.91. The summed E-state index contributed by atoms with van der Waals surface area (Å²) in [6.07, 6.45) is 7.85. The fourth-order valence-electron chi connectivity index (χ4n) is 6.07. The predicted molar refractivity (Wildman–Crippen MR) is 218 cm³/mol. The van der Waals surface area contributed by atoms with Gasteiger partial charge in [0.25, 0.3) is 29.5 Å². The second kappa shape index (κ2) is 18.6. The van der Waals surface area contributed by atoms with E-state index in [1.807, 2.05) is 0 Å². The van der Waals surface area contributed by atoms with E-state index in [1.54, 1.807) is 53.8 Å². The van der Waals surface area contributed by atoms with Gasteiger partial charge < -0.3 is 65.2 Å². The molecule has 0 aromatic carbocycles. The molecular formula is C38H45N13O9. The van der Waals surface area contributed by atoms with Crippen LogP contribution in [-0.4, -0.2) is 93.3 Å². The summed E-state index contributed by atoms with van der Waals surface area (Å²) in [6, 6.07) is 5.93. The molecule has 0 unspecified atom stereocenters. The van der Waals surface area contributed by atoms with Crippen molar-refractivity contribution < 1.29 is 43.5 Å². The summed E-state index contributed by atoms with van der Waals surface area (Å²) in [7, 11) is 8.11. The van der Waals surface area contributed by atoms with E-state index in [0.717, 1.165) is 0 Å². The number of nitrogens with zero attached hydrogens (tertiary/aromatic N) is 6. The Labute approximate surface area is 342 Å². The van der Waals surface area contributed by atoms with Crippen molar-refractivity contribution in [2.45, 2.75) is 26.2 Å². The van der Waals surface area contributed by atoms with Crippen molar-refractivity contribution in [3.63, 3.8) is 0 Å². The van der Waals surface area contributed by atoms with Gasteiger partial charge in [-0.1, -0.05) is 0 Å². The standard InChI is InChI=1S/C38H45N13O9/c1-21(52)41-30-20-51(6)33(46-30)38(60)45-25-15-29(50(5)19-25)37(59)44-23-13-26(47(2)17-23)34(56)39-10-7-8-31(53)42-22-12-28(49(4)16-22)36(58)43-24-14-27(48(3)18-24)35(57)40-11-9-32(54)55/h12-20H,7-11H2,1-6H3,(H,39,56)(H,40,57)(H,41,52)(H,42,53)(H,43,58)(H,44,59)(H,45,60)(H,54,55). The lowest BCUT2D eigenvalue weighted by Gasteiger charge is -2.06. The third-order valence-electron chi connectivity index (χ3n) is 8.88. The molecule has 5 rings (SSSR count). The molecule has 0 atom stereocenters. The molecule has 0 aliphatic rings. The second-order valence-electron chi connectivity index (χ2n) is 13.8. The maximum Gasteiger partial charge on any atom is 0.305 e. The molecule has 0 saturated carbocycles. The summed E-state index contributed by atoms with van der Waals surface area (Å²) >= 11 is 0. The maximum atomic E-state index is 13.2. The SMILES string of the molecule is CC(=O)Nc1cn(C)c(C(=O)Nc2cc(C(=O)Nc3cc(C(=O)NCCCC(=O)Nc4cc(C(=O)Nc5cc(C(=O)NCCC(=O)O)n(C)c5)n(C)c4)n(C)c3)n(C)c2)n1. The van der Waals surface area contributed by atoms with Gasteiger partial charge in [-0.2, -0.15) is 0 Å². The molecule has 5 aromatic rings. The third kappa shape index (κ3) is 10.9. The normalized spacial score (nSPS) is 10.8. The minimum absolute atomic E-state index is 0.0434. The van der Waals surface area contributed by atoms with Gasteiger partial charge in [0.2, 0.25) is 17.6 Å². The summed E-state index contributed by atoms with van der Waals surface area (Å²) in [5.74, 6) is -3.93. The minimum atomic E-state index is -1.04. The van der Waals surface area contributed by atoms with Gasteiger partial charge in [-0.15, -0.1) is 0 Å². The Morgan fingerprint density at radius 2 is 0.933 bits per heavy atom. The lowest BCUT2D eigenvalue weighted by molar-refractivity contribution is -0.136. The Morgan fingerprint density at radius 1 is 0.517 bits per heavy atom. The highest BCUT2D eigenvalue weighted by molar-refractivity contribution is 6.07. The second-order valence-corrected chi connectivity index (χ2v) is 13.8. The lowest BCUT2D eigenvalue weighted by Crippen LogP contribution is -2.27. The van der Waals surface area contributed by atoms with E-state index in [2.05, 4.69) is 42.2 Å². The first-order valence-corrected chi connectivity index (χ1v) is 18.4. The van der Waals surface area contributed by atoms with Crippen LogP contribution < -0.4 is 37.2 Å². The molecule has 0 bridgehead atoms. The van der Waals surface area contributed by atoms with Crippen LogP contribution in [0.4, 0.5) is 28.6 Å². The van der Waals surface area contributed by atoms with Crippen LogP contribution >= 0.6 is 0 Å². The van der Waals surface area contributed by atoms with Crippen molar-refractivity contribution in [2.75, 3.05) is 39.7 Å². The predicted octanol–water partition coefficient (Wildman–Crippen LogP) is 1.84. The van der Waals surface area contributed by atoms with E-state index in [1.165, 1.54) is 66.4 Å². The van der Waals surface area contributed by atoms with Crippen molar-refractivity contribution in [3.8, 4) is 0 Å². The molecule has 8 N–H and O–H groups in total. The van der Waals surface area contributed by atoms with Crippen LogP contribution in [0.1, 0.15) is 78.8 Å². The van der Waals surface area contributed by atoms with Crippen LogP contribution in [0.15, 0.2) is 55.2 Å². The zero-order chi connectivity index (χ0) is 43.8. The highest BCUT2D eigenvalue weighted by atomic mass is 16.4. The van der Waals surface area contributed by atoms with Crippen molar-refractivity contribution in [1.29, 1.82) is 0 Å². The van der Waals surface area contributed by atoms with Gasteiger partial charge in [-0.25, -0.2) is 4.98 Å². The number of hydrogen-bond acceptors (Lipinski definition) is 9. The van der Waals surface area contributed by atoms with Crippen LogP contribution in [0.3, 0.4) is 0 Å². The first kappa shape index (κ1) is 43.2. The average molecular weight is 828 g/mol. The van der Waals surface area contributed by atoms with Gasteiger partial charge in [0.05, 0.1) is 29.2 Å². The molecule has 22 nitrogen and oxygen atoms in total. The third-order valence-corrected chi connectivity index (χ3v) is 8.88. The van der Waals surface area contributed by atoms with E-state index in [-0.39, 0.29) is 72.2 Å². The van der Waals surface area contributed by atoms with Crippen LogP contribution in [-0.2, 0) is 49.6 Å². The zero-order valence-corrected chi connectivity index (χ0v) is 33.6. The van der Waals surface area contributed by atoms with Gasteiger partial charge in [0.1, 0.15) is 22.8 Å². The van der Waals surface area contributed by atoms with Crippen molar-refractivity contribution in [2.24, 2.45) is 35.2 Å². The molecule has 0 aliphatic heterocycles. The largest absolute Gasteiger partial charge is 0.481 e. The smallest absolute Gasteiger partial charge is 0.305 e. The highest BCUT2D eigenvalue weighted by Gasteiger charge is 2.21. The van der Waals surface area contributed by atoms with E-state index in [4.69, 9.17) is 5.11 Å². The van der Waals surface area contributed by atoms with E-state index in [9.17, 15) is 38.4 Å². The highest BCUT2D eigenvalue weighted by Crippen LogP contribution is 2.20. The quantitative estimate of drug-likeness (QED) is 0.0630. The summed E-state index contributed by atoms with van der Waals surface area (Å²) in [5, 5.41) is 27.4. The number of aromatic nitrogens is 6. The monoisotopic (exact) mass is 827 g/mol. The van der Waals surface area contributed by atoms with Crippen LogP contribution in [0.5, 0.6) is 0 Å². The summed E-state index contributed by atoms with van der Waals surface area (Å²) < 4.78 is 7.54. The molecule has 60 heavy (non-hydrogen) atoms. The van der Waals surface area contributed by atoms with E-state index < -0.39 is 35.5 Å². The maximum absolute atomic E-state index is 13.2. The number of rotatable bonds is 17. The lowest BCUT2D eigenvalue weighted by atomic mass is 10.2. The number of hydrogen-bond donors (Lipinski definition) is 8. The first-order valence-electron chi connectivity index (χ1n) is 18.4. The topological polar surface area (TPSA) is 279 Å². The molecular weight excluding hydrogens is 782 g/mol. The number of anilines is 5. The van der Waals surface area contributed by atoms with E-state index >= 15 is 0 Å². The molecule has 5 heterocycles. The van der Waals surface area contributed by atoms with Gasteiger partial charge in [0.15, 0.2) is 5.82 Å². The fraction of sp³-hybridized carbons (Fsp3) is 0.289. The number of nitrogens with one attached hydrogen (secondary N) is 7. The van der Waals surface area contributed by atoms with Gasteiger partial charge >= 0.3 is 5.97 Å². The Bertz CT molecular complexity index is 2500. The molecule has 0 aliphatic carbocycles. The molecule has 316 valence electrons. The number of imidazole rings is 1. The average Bonchev–Trinajstić information content (AvgIpc) is 3.98. The first-order chi connectivity index (χ1) is 28.4. The zero-order valence-electron chi connectivity index (χ0n) is 33.6. The number of carboxylic acid groups (broad SMARTS) is 1. The summed E-state index contributed by atoms with van der Waals surface area (Å²) in [4.78, 5) is 103. The van der Waals surface area contributed by atoms with Crippen LogP contribution in [0.2, 0.25) is 0 Å². The van der Waals surface area contributed by atoms with E-state index in [0.29, 0.717) is 29.2 Å². The molecule has 5 aromatic heterocycles. The van der Waals surface area contributed by atoms with Crippen molar-refractivity contribution >= 4 is 75.9 Å². The molecule has 0 fully saturated rings. The van der Waals surface area contributed by atoms with Gasteiger partial charge in [-0.3, -0.25) is 38.4 Å². The Kier molecular flexibility index (Phi) is 13.4. The number of amides is 7. The van der Waals surface area contributed by atoms with Crippen molar-refractivity contribution in [3.05, 3.63) is 83.8 Å². The summed E-state index contributed by atoms with van der Waals surface area (Å²) in [6.45, 7) is 1.45.